The number of nitrogens with zero attached hydrogens (tertiary/aromatic N) is 1. The van der Waals surface area contributed by atoms with E-state index < -0.39 is 5.97 Å². The molecule has 0 amide bonds. The molecule has 0 atom stereocenters. The van der Waals surface area contributed by atoms with Gasteiger partial charge in [0.15, 0.2) is 5.75 Å². The lowest BCUT2D eigenvalue weighted by Crippen LogP contribution is -2.04. The first-order valence-electron chi connectivity index (χ1n) is 4.03. The van der Waals surface area contributed by atoms with Crippen LogP contribution in [-0.4, -0.2) is 5.97 Å². The first-order chi connectivity index (χ1) is 7.17. The highest BCUT2D eigenvalue weighted by molar-refractivity contribution is 5.65. The van der Waals surface area contributed by atoms with E-state index in [-0.39, 0.29) is 5.75 Å². The SMILES string of the molecule is C#Cc1cc(C#N)ccc1OOC(C)=O. The van der Waals surface area contributed by atoms with Gasteiger partial charge in [0, 0.05) is 6.92 Å². The average molecular weight is 201 g/mol. The first-order valence-corrected chi connectivity index (χ1v) is 4.03. The van der Waals surface area contributed by atoms with E-state index in [2.05, 4.69) is 15.7 Å². The van der Waals surface area contributed by atoms with Crippen molar-refractivity contribution in [3.8, 4) is 24.2 Å². The topological polar surface area (TPSA) is 59.3 Å². The van der Waals surface area contributed by atoms with E-state index in [1.807, 2.05) is 6.07 Å². The average Bonchev–Trinajstić information content (AvgIpc) is 2.25. The van der Waals surface area contributed by atoms with Crippen LogP contribution < -0.4 is 4.89 Å². The van der Waals surface area contributed by atoms with Crippen molar-refractivity contribution in [1.82, 2.24) is 0 Å². The van der Waals surface area contributed by atoms with Gasteiger partial charge < -0.3 is 0 Å². The number of hydrogen-bond acceptors (Lipinski definition) is 4. The number of rotatable bonds is 2. The number of benzene rings is 1. The molecule has 74 valence electrons. The monoisotopic (exact) mass is 201 g/mol. The summed E-state index contributed by atoms with van der Waals surface area (Å²) in [5.74, 6) is 1.97. The lowest BCUT2D eigenvalue weighted by atomic mass is 10.1. The molecule has 1 rings (SSSR count). The van der Waals surface area contributed by atoms with Gasteiger partial charge in [-0.05, 0) is 18.2 Å². The zero-order valence-electron chi connectivity index (χ0n) is 7.98. The van der Waals surface area contributed by atoms with E-state index in [9.17, 15) is 4.79 Å². The van der Waals surface area contributed by atoms with Crippen molar-refractivity contribution in [2.75, 3.05) is 0 Å². The summed E-state index contributed by atoms with van der Waals surface area (Å²) in [7, 11) is 0. The van der Waals surface area contributed by atoms with Crippen LogP contribution in [0.1, 0.15) is 18.1 Å². The fraction of sp³-hybridized carbons (Fsp3) is 0.0909. The molecule has 0 saturated carbocycles. The van der Waals surface area contributed by atoms with E-state index in [1.54, 1.807) is 0 Å². The predicted molar refractivity (Wildman–Crippen MR) is 51.5 cm³/mol. The van der Waals surface area contributed by atoms with Crippen molar-refractivity contribution in [1.29, 1.82) is 5.26 Å². The minimum Gasteiger partial charge on any atom is -0.286 e. The van der Waals surface area contributed by atoms with Crippen molar-refractivity contribution >= 4 is 5.97 Å². The second kappa shape index (κ2) is 4.69. The minimum atomic E-state index is -0.581. The number of carbonyl (C=O) groups is 1. The highest BCUT2D eigenvalue weighted by Crippen LogP contribution is 2.19. The van der Waals surface area contributed by atoms with Crippen LogP contribution in [0.2, 0.25) is 0 Å². The van der Waals surface area contributed by atoms with Crippen molar-refractivity contribution < 1.29 is 14.6 Å². The van der Waals surface area contributed by atoms with Gasteiger partial charge in [-0.3, -0.25) is 9.78 Å². The summed E-state index contributed by atoms with van der Waals surface area (Å²) < 4.78 is 0. The number of terminal acetylenes is 1. The molecule has 0 bridgehead atoms. The maximum absolute atomic E-state index is 10.5. The molecule has 0 spiro atoms. The Balaban J connectivity index is 2.95. The molecule has 0 aromatic heterocycles. The second-order valence-electron chi connectivity index (χ2n) is 2.63. The lowest BCUT2D eigenvalue weighted by molar-refractivity contribution is -0.210. The second-order valence-corrected chi connectivity index (χ2v) is 2.63. The van der Waals surface area contributed by atoms with Gasteiger partial charge in [-0.25, -0.2) is 4.79 Å². The van der Waals surface area contributed by atoms with Gasteiger partial charge in [-0.2, -0.15) is 5.26 Å². The molecule has 0 aliphatic heterocycles. The Kier molecular flexibility index (Phi) is 3.32. The third-order valence-corrected chi connectivity index (χ3v) is 1.51. The van der Waals surface area contributed by atoms with Crippen molar-refractivity contribution in [3.05, 3.63) is 29.3 Å². The maximum atomic E-state index is 10.5. The van der Waals surface area contributed by atoms with Crippen LogP contribution in [0.25, 0.3) is 0 Å². The molecule has 1 aromatic carbocycles. The van der Waals surface area contributed by atoms with Crippen LogP contribution in [0, 0.1) is 23.7 Å². The Hall–Kier alpha value is -2.46. The van der Waals surface area contributed by atoms with Crippen LogP contribution in [0.4, 0.5) is 0 Å². The van der Waals surface area contributed by atoms with Gasteiger partial charge in [-0.15, -0.1) is 6.42 Å². The molecule has 0 aliphatic rings. The number of carbonyl (C=O) groups excluding carboxylic acids is 1. The number of hydrogen-bond donors (Lipinski definition) is 0. The van der Waals surface area contributed by atoms with E-state index in [4.69, 9.17) is 11.7 Å². The van der Waals surface area contributed by atoms with E-state index in [0.717, 1.165) is 0 Å². The molecule has 0 saturated heterocycles. The molecule has 0 aliphatic carbocycles. The molecule has 0 radical (unpaired) electrons. The molecule has 4 nitrogen and oxygen atoms in total. The highest BCUT2D eigenvalue weighted by Gasteiger charge is 2.05. The van der Waals surface area contributed by atoms with Gasteiger partial charge in [0.05, 0.1) is 17.2 Å². The highest BCUT2D eigenvalue weighted by atomic mass is 17.2. The van der Waals surface area contributed by atoms with Gasteiger partial charge in [-0.1, -0.05) is 5.92 Å². The summed E-state index contributed by atoms with van der Waals surface area (Å²) in [6.45, 7) is 1.21. The lowest BCUT2D eigenvalue weighted by Gasteiger charge is -2.04. The van der Waals surface area contributed by atoms with Gasteiger partial charge in [0.1, 0.15) is 0 Å². The summed E-state index contributed by atoms with van der Waals surface area (Å²) in [5, 5.41) is 8.62. The smallest absolute Gasteiger partial charge is 0.286 e. The Morgan fingerprint density at radius 3 is 2.80 bits per heavy atom. The molecular formula is C11H7NO3. The minimum absolute atomic E-state index is 0.228. The van der Waals surface area contributed by atoms with E-state index in [1.165, 1.54) is 25.1 Å². The van der Waals surface area contributed by atoms with Crippen LogP contribution in [0.3, 0.4) is 0 Å². The largest absolute Gasteiger partial charge is 0.352 e. The molecule has 1 aromatic rings. The van der Waals surface area contributed by atoms with Crippen molar-refractivity contribution in [2.45, 2.75) is 6.92 Å². The van der Waals surface area contributed by atoms with Gasteiger partial charge >= 0.3 is 5.97 Å². The molecule has 0 unspecified atom stereocenters. The third kappa shape index (κ3) is 2.75. The zero-order chi connectivity index (χ0) is 11.3. The normalized spacial score (nSPS) is 8.47. The Labute approximate surface area is 87.0 Å². The summed E-state index contributed by atoms with van der Waals surface area (Å²) in [6, 6.07) is 6.39. The van der Waals surface area contributed by atoms with Crippen molar-refractivity contribution in [3.63, 3.8) is 0 Å². The standard InChI is InChI=1S/C11H7NO3/c1-3-10-6-9(7-12)4-5-11(10)15-14-8(2)13/h1,4-6H,2H3. The van der Waals surface area contributed by atoms with Crippen molar-refractivity contribution in [2.24, 2.45) is 0 Å². The Bertz CT molecular complexity index is 466. The van der Waals surface area contributed by atoms with Gasteiger partial charge in [0.2, 0.25) is 0 Å². The van der Waals surface area contributed by atoms with Crippen LogP contribution >= 0.6 is 0 Å². The quantitative estimate of drug-likeness (QED) is 0.412. The fourth-order valence-corrected chi connectivity index (χ4v) is 0.889. The van der Waals surface area contributed by atoms with E-state index >= 15 is 0 Å². The molecule has 0 heterocycles. The Morgan fingerprint density at radius 1 is 1.53 bits per heavy atom. The molecule has 4 heteroatoms. The zero-order valence-corrected chi connectivity index (χ0v) is 7.98. The Morgan fingerprint density at radius 2 is 2.27 bits per heavy atom. The first kappa shape index (κ1) is 10.6. The summed E-state index contributed by atoms with van der Waals surface area (Å²) >= 11 is 0. The molecule has 0 N–H and O–H groups in total. The number of nitriles is 1. The third-order valence-electron chi connectivity index (χ3n) is 1.51. The maximum Gasteiger partial charge on any atom is 0.352 e. The molecule has 0 fully saturated rings. The van der Waals surface area contributed by atoms with Crippen LogP contribution in [-0.2, 0) is 9.68 Å². The summed E-state index contributed by atoms with van der Waals surface area (Å²) in [5.41, 5.74) is 0.772. The predicted octanol–water partition coefficient (Wildman–Crippen LogP) is 1.40. The van der Waals surface area contributed by atoms with Crippen LogP contribution in [0.15, 0.2) is 18.2 Å². The van der Waals surface area contributed by atoms with Gasteiger partial charge in [0.25, 0.3) is 0 Å². The summed E-state index contributed by atoms with van der Waals surface area (Å²) in [6.07, 6.45) is 5.20. The molecule has 15 heavy (non-hydrogen) atoms. The van der Waals surface area contributed by atoms with E-state index in [0.29, 0.717) is 11.1 Å². The summed E-state index contributed by atoms with van der Waals surface area (Å²) in [4.78, 5) is 19.5. The molecular weight excluding hydrogens is 194 g/mol. The van der Waals surface area contributed by atoms with Crippen LogP contribution in [0.5, 0.6) is 5.75 Å². The fourth-order valence-electron chi connectivity index (χ4n) is 0.889.